The Kier molecular flexibility index (Phi) is 9.38. The van der Waals surface area contributed by atoms with Gasteiger partial charge in [-0.2, -0.15) is 11.8 Å². The van der Waals surface area contributed by atoms with Crippen LogP contribution in [0.1, 0.15) is 30.7 Å². The number of hydrogen-bond acceptors (Lipinski definition) is 9. The molecule has 0 fully saturated rings. The lowest BCUT2D eigenvalue weighted by Gasteiger charge is -2.01. The van der Waals surface area contributed by atoms with Gasteiger partial charge in [0, 0.05) is 32.9 Å². The average Bonchev–Trinajstić information content (AvgIpc) is 3.49. The SMILES string of the molecule is O=C(Nc1nnc(CCSCCc2nnc(NC(=O)c3ccc(Br)cc3)s2)s1)c1ccc(Br)cc1. The van der Waals surface area contributed by atoms with Crippen LogP contribution in [0.2, 0.25) is 0 Å². The number of benzene rings is 2. The number of nitrogens with zero attached hydrogens (tertiary/aromatic N) is 4. The first-order chi connectivity index (χ1) is 17.0. The molecule has 35 heavy (non-hydrogen) atoms. The third-order valence-corrected chi connectivity index (χ3v) is 8.35. The maximum atomic E-state index is 12.3. The average molecular weight is 654 g/mol. The van der Waals surface area contributed by atoms with Gasteiger partial charge in [-0.1, -0.05) is 54.5 Å². The van der Waals surface area contributed by atoms with Crippen molar-refractivity contribution in [3.63, 3.8) is 0 Å². The molecule has 0 unspecified atom stereocenters. The maximum Gasteiger partial charge on any atom is 0.257 e. The molecule has 4 aromatic rings. The third-order valence-electron chi connectivity index (χ3n) is 4.51. The monoisotopic (exact) mass is 652 g/mol. The molecule has 2 heterocycles. The first kappa shape index (κ1) is 25.9. The lowest BCUT2D eigenvalue weighted by atomic mass is 10.2. The lowest BCUT2D eigenvalue weighted by Crippen LogP contribution is -2.11. The molecule has 4 rings (SSSR count). The molecule has 0 saturated carbocycles. The number of amides is 2. The number of carbonyl (C=O) groups excluding carboxylic acids is 2. The minimum atomic E-state index is -0.209. The third kappa shape index (κ3) is 7.90. The van der Waals surface area contributed by atoms with Crippen molar-refractivity contribution in [2.45, 2.75) is 12.8 Å². The fourth-order valence-electron chi connectivity index (χ4n) is 2.77. The summed E-state index contributed by atoms with van der Waals surface area (Å²) in [4.78, 5) is 24.6. The number of aryl methyl sites for hydroxylation is 2. The van der Waals surface area contributed by atoms with E-state index in [9.17, 15) is 9.59 Å². The summed E-state index contributed by atoms with van der Waals surface area (Å²) in [6, 6.07) is 14.3. The predicted octanol–water partition coefficient (Wildman–Crippen LogP) is 5.94. The van der Waals surface area contributed by atoms with Crippen molar-refractivity contribution >= 4 is 88.4 Å². The number of rotatable bonds is 10. The zero-order chi connectivity index (χ0) is 24.6. The number of hydrogen-bond donors (Lipinski definition) is 2. The molecule has 0 aliphatic carbocycles. The zero-order valence-electron chi connectivity index (χ0n) is 18.0. The Morgan fingerprint density at radius 3 is 1.49 bits per heavy atom. The van der Waals surface area contributed by atoms with Gasteiger partial charge in [-0.3, -0.25) is 20.2 Å². The fourth-order valence-corrected chi connectivity index (χ4v) is 5.91. The highest BCUT2D eigenvalue weighted by Gasteiger charge is 2.12. The van der Waals surface area contributed by atoms with Crippen molar-refractivity contribution in [2.24, 2.45) is 0 Å². The van der Waals surface area contributed by atoms with E-state index >= 15 is 0 Å². The standard InChI is InChI=1S/C22H18Br2N6O2S3/c23-15-5-1-13(2-6-15)19(31)25-21-29-27-17(34-21)9-11-33-12-10-18-28-30-22(35-18)26-20(32)14-3-7-16(24)8-4-14/h1-8H,9-12H2,(H,25,29,31)(H,26,30,32). The normalized spacial score (nSPS) is 10.8. The number of thioether (sulfide) groups is 1. The molecule has 0 saturated heterocycles. The summed E-state index contributed by atoms with van der Waals surface area (Å²) in [6.45, 7) is 0. The van der Waals surface area contributed by atoms with Crippen molar-refractivity contribution in [1.82, 2.24) is 20.4 Å². The molecule has 2 aromatic carbocycles. The van der Waals surface area contributed by atoms with Gasteiger partial charge < -0.3 is 0 Å². The number of carbonyl (C=O) groups is 2. The predicted molar refractivity (Wildman–Crippen MR) is 149 cm³/mol. The second-order valence-electron chi connectivity index (χ2n) is 7.04. The Labute approximate surface area is 230 Å². The van der Waals surface area contributed by atoms with Crippen LogP contribution in [0.3, 0.4) is 0 Å². The molecule has 2 aromatic heterocycles. The van der Waals surface area contributed by atoms with Crippen molar-refractivity contribution in [2.75, 3.05) is 22.1 Å². The molecule has 0 aliphatic rings. The first-order valence-corrected chi connectivity index (χ1v) is 14.7. The minimum absolute atomic E-state index is 0.209. The Morgan fingerprint density at radius 1 is 0.686 bits per heavy atom. The Bertz CT molecular complexity index is 1200. The summed E-state index contributed by atoms with van der Waals surface area (Å²) in [7, 11) is 0. The van der Waals surface area contributed by atoms with Crippen molar-refractivity contribution in [3.8, 4) is 0 Å². The van der Waals surface area contributed by atoms with Gasteiger partial charge in [0.05, 0.1) is 0 Å². The number of halogens is 2. The van der Waals surface area contributed by atoms with E-state index in [1.54, 1.807) is 36.0 Å². The molecule has 0 atom stereocenters. The summed E-state index contributed by atoms with van der Waals surface area (Å²) >= 11 is 11.3. The smallest absolute Gasteiger partial charge is 0.257 e. The van der Waals surface area contributed by atoms with Gasteiger partial charge in [-0.15, -0.1) is 20.4 Å². The van der Waals surface area contributed by atoms with Crippen molar-refractivity contribution in [1.29, 1.82) is 0 Å². The van der Waals surface area contributed by atoms with Crippen LogP contribution in [0.15, 0.2) is 57.5 Å². The molecule has 180 valence electrons. The van der Waals surface area contributed by atoms with Crippen LogP contribution in [-0.2, 0) is 12.8 Å². The van der Waals surface area contributed by atoms with Gasteiger partial charge in [-0.25, -0.2) is 0 Å². The van der Waals surface area contributed by atoms with Crippen molar-refractivity contribution in [3.05, 3.63) is 78.6 Å². The molecule has 2 N–H and O–H groups in total. The lowest BCUT2D eigenvalue weighted by molar-refractivity contribution is 0.101. The van der Waals surface area contributed by atoms with E-state index in [0.29, 0.717) is 21.4 Å². The molecule has 8 nitrogen and oxygen atoms in total. The number of aromatic nitrogens is 4. The van der Waals surface area contributed by atoms with Crippen LogP contribution in [0.25, 0.3) is 0 Å². The van der Waals surface area contributed by atoms with Gasteiger partial charge >= 0.3 is 0 Å². The molecule has 13 heteroatoms. The fraction of sp³-hybridized carbons (Fsp3) is 0.182. The highest BCUT2D eigenvalue weighted by atomic mass is 79.9. The van der Waals surface area contributed by atoms with Crippen molar-refractivity contribution < 1.29 is 9.59 Å². The summed E-state index contributed by atoms with van der Waals surface area (Å²) in [5.74, 6) is 1.33. The molecular formula is C22H18Br2N6O2S3. The van der Waals surface area contributed by atoms with Crippen LogP contribution in [0, 0.1) is 0 Å². The maximum absolute atomic E-state index is 12.3. The van der Waals surface area contributed by atoms with E-state index in [-0.39, 0.29) is 11.8 Å². The van der Waals surface area contributed by atoms with Gasteiger partial charge in [0.25, 0.3) is 11.8 Å². The van der Waals surface area contributed by atoms with E-state index in [4.69, 9.17) is 0 Å². The summed E-state index contributed by atoms with van der Waals surface area (Å²) < 4.78 is 1.83. The highest BCUT2D eigenvalue weighted by molar-refractivity contribution is 9.10. The van der Waals surface area contributed by atoms with Crippen LogP contribution in [0.4, 0.5) is 10.3 Å². The molecule has 0 spiro atoms. The van der Waals surface area contributed by atoms with E-state index in [1.165, 1.54) is 22.7 Å². The Balaban J connectivity index is 1.15. The van der Waals surface area contributed by atoms with Gasteiger partial charge in [0.1, 0.15) is 10.0 Å². The quantitative estimate of drug-likeness (QED) is 0.204. The highest BCUT2D eigenvalue weighted by Crippen LogP contribution is 2.21. The molecule has 0 radical (unpaired) electrons. The molecule has 0 aliphatic heterocycles. The van der Waals surface area contributed by atoms with Crippen LogP contribution >= 0.6 is 66.3 Å². The van der Waals surface area contributed by atoms with Crippen LogP contribution < -0.4 is 10.6 Å². The van der Waals surface area contributed by atoms with E-state index in [1.807, 2.05) is 24.3 Å². The zero-order valence-corrected chi connectivity index (χ0v) is 23.7. The van der Waals surface area contributed by atoms with Gasteiger partial charge in [-0.05, 0) is 60.0 Å². The second kappa shape index (κ2) is 12.7. The summed E-state index contributed by atoms with van der Waals surface area (Å²) in [5, 5.41) is 24.8. The van der Waals surface area contributed by atoms with Crippen LogP contribution in [-0.4, -0.2) is 43.7 Å². The van der Waals surface area contributed by atoms with E-state index in [0.717, 1.165) is 43.3 Å². The number of anilines is 2. The first-order valence-electron chi connectivity index (χ1n) is 10.3. The van der Waals surface area contributed by atoms with E-state index in [2.05, 4.69) is 62.9 Å². The molecule has 2 amide bonds. The van der Waals surface area contributed by atoms with Gasteiger partial charge in [0.15, 0.2) is 0 Å². The van der Waals surface area contributed by atoms with Gasteiger partial charge in [0.2, 0.25) is 10.3 Å². The topological polar surface area (TPSA) is 110 Å². The second-order valence-corrected chi connectivity index (χ2v) is 12.2. The summed E-state index contributed by atoms with van der Waals surface area (Å²) in [5.41, 5.74) is 1.13. The molecular weight excluding hydrogens is 636 g/mol. The minimum Gasteiger partial charge on any atom is -0.296 e. The largest absolute Gasteiger partial charge is 0.296 e. The Morgan fingerprint density at radius 2 is 1.09 bits per heavy atom. The summed E-state index contributed by atoms with van der Waals surface area (Å²) in [6.07, 6.45) is 1.53. The van der Waals surface area contributed by atoms with E-state index < -0.39 is 0 Å². The number of nitrogens with one attached hydrogen (secondary N) is 2. The van der Waals surface area contributed by atoms with Crippen LogP contribution in [0.5, 0.6) is 0 Å². The Hall–Kier alpha value is -2.19. The molecule has 0 bridgehead atoms.